The van der Waals surface area contributed by atoms with Gasteiger partial charge in [-0.05, 0) is 31.5 Å². The number of carbonyl (C=O) groups is 1. The monoisotopic (exact) mass is 308 g/mol. The zero-order valence-electron chi connectivity index (χ0n) is 11.3. The lowest BCUT2D eigenvalue weighted by molar-refractivity contribution is -0.402. The first-order valence-corrected chi connectivity index (χ1v) is 6.94. The van der Waals surface area contributed by atoms with Gasteiger partial charge < -0.3 is 9.52 Å². The van der Waals surface area contributed by atoms with E-state index in [0.29, 0.717) is 22.0 Å². The fourth-order valence-electron chi connectivity index (χ4n) is 1.85. The van der Waals surface area contributed by atoms with Gasteiger partial charge in [-0.1, -0.05) is 11.8 Å². The van der Waals surface area contributed by atoms with Crippen LogP contribution in [0.15, 0.2) is 27.6 Å². The van der Waals surface area contributed by atoms with Gasteiger partial charge in [0.1, 0.15) is 15.7 Å². The van der Waals surface area contributed by atoms with Crippen LogP contribution in [-0.2, 0) is 5.75 Å². The van der Waals surface area contributed by atoms with E-state index in [1.165, 1.54) is 23.9 Å². The number of aromatic nitrogens is 1. The summed E-state index contributed by atoms with van der Waals surface area (Å²) in [6, 6.07) is 4.46. The van der Waals surface area contributed by atoms with Crippen molar-refractivity contribution in [3.63, 3.8) is 0 Å². The molecule has 0 unspecified atom stereocenters. The van der Waals surface area contributed by atoms with Gasteiger partial charge in [-0.2, -0.15) is 0 Å². The molecule has 0 amide bonds. The maximum Gasteiger partial charge on any atom is 0.433 e. The second-order valence-corrected chi connectivity index (χ2v) is 5.32. The first-order valence-electron chi connectivity index (χ1n) is 5.96. The number of rotatable bonds is 5. The van der Waals surface area contributed by atoms with Gasteiger partial charge in [-0.25, -0.2) is 9.78 Å². The molecule has 7 nitrogen and oxygen atoms in total. The molecule has 2 aromatic rings. The van der Waals surface area contributed by atoms with Gasteiger partial charge in [-0.3, -0.25) is 10.1 Å². The standard InChI is InChI=1S/C13H12N2O5S/c1-7-5-8(2)14-12(11(7)13(16)17)21-6-9-3-4-10(20-9)15(18)19/h3-5H,6H2,1-2H3,(H,16,17). The van der Waals surface area contributed by atoms with Crippen LogP contribution in [-0.4, -0.2) is 21.0 Å². The van der Waals surface area contributed by atoms with Crippen LogP contribution < -0.4 is 0 Å². The summed E-state index contributed by atoms with van der Waals surface area (Å²) in [6.07, 6.45) is 0. The number of aryl methyl sites for hydroxylation is 2. The molecule has 0 aliphatic heterocycles. The van der Waals surface area contributed by atoms with Crippen LogP contribution in [0.1, 0.15) is 27.4 Å². The molecule has 0 aliphatic rings. The summed E-state index contributed by atoms with van der Waals surface area (Å²) in [5.74, 6) is -0.723. The van der Waals surface area contributed by atoms with Crippen molar-refractivity contribution in [3.05, 3.63) is 50.9 Å². The van der Waals surface area contributed by atoms with E-state index in [4.69, 9.17) is 4.42 Å². The molecule has 2 aromatic heterocycles. The molecule has 0 aliphatic carbocycles. The molecule has 8 heteroatoms. The Kier molecular flexibility index (Phi) is 4.27. The van der Waals surface area contributed by atoms with Gasteiger partial charge >= 0.3 is 11.9 Å². The predicted octanol–water partition coefficient (Wildman–Crippen LogP) is 3.19. The van der Waals surface area contributed by atoms with E-state index in [-0.39, 0.29) is 17.2 Å². The number of furan rings is 1. The molecule has 2 rings (SSSR count). The van der Waals surface area contributed by atoms with Crippen LogP contribution in [0.5, 0.6) is 0 Å². The molecule has 0 bridgehead atoms. The third-order valence-electron chi connectivity index (χ3n) is 2.70. The van der Waals surface area contributed by atoms with E-state index in [9.17, 15) is 20.0 Å². The predicted molar refractivity (Wildman–Crippen MR) is 75.6 cm³/mol. The number of pyridine rings is 1. The third-order valence-corrected chi connectivity index (χ3v) is 3.70. The van der Waals surface area contributed by atoms with E-state index in [0.717, 1.165) is 0 Å². The largest absolute Gasteiger partial charge is 0.478 e. The van der Waals surface area contributed by atoms with Gasteiger partial charge in [0.2, 0.25) is 0 Å². The number of carboxylic acids is 1. The summed E-state index contributed by atoms with van der Waals surface area (Å²) in [5, 5.41) is 20.2. The highest BCUT2D eigenvalue weighted by molar-refractivity contribution is 7.98. The lowest BCUT2D eigenvalue weighted by Crippen LogP contribution is -2.05. The molecule has 0 spiro atoms. The van der Waals surface area contributed by atoms with Crippen molar-refractivity contribution in [2.75, 3.05) is 0 Å². The van der Waals surface area contributed by atoms with E-state index < -0.39 is 10.9 Å². The van der Waals surface area contributed by atoms with Crippen LogP contribution in [0, 0.1) is 24.0 Å². The van der Waals surface area contributed by atoms with Gasteiger partial charge in [0.15, 0.2) is 0 Å². The summed E-state index contributed by atoms with van der Waals surface area (Å²) in [5.41, 5.74) is 1.49. The minimum atomic E-state index is -1.05. The molecule has 0 radical (unpaired) electrons. The van der Waals surface area contributed by atoms with E-state index in [2.05, 4.69) is 4.98 Å². The number of aromatic carboxylic acids is 1. The van der Waals surface area contributed by atoms with Crippen LogP contribution in [0.4, 0.5) is 5.88 Å². The maximum atomic E-state index is 11.3. The van der Waals surface area contributed by atoms with Crippen molar-refractivity contribution in [1.29, 1.82) is 0 Å². The quantitative estimate of drug-likeness (QED) is 0.513. The lowest BCUT2D eigenvalue weighted by atomic mass is 10.1. The summed E-state index contributed by atoms with van der Waals surface area (Å²) >= 11 is 1.17. The van der Waals surface area contributed by atoms with Crippen molar-refractivity contribution < 1.29 is 19.2 Å². The van der Waals surface area contributed by atoms with E-state index in [1.54, 1.807) is 19.9 Å². The van der Waals surface area contributed by atoms with E-state index in [1.807, 2.05) is 0 Å². The van der Waals surface area contributed by atoms with Gasteiger partial charge in [0.25, 0.3) is 0 Å². The molecule has 2 heterocycles. The third kappa shape index (κ3) is 3.40. The fourth-order valence-corrected chi connectivity index (χ4v) is 2.88. The minimum absolute atomic E-state index is 0.145. The number of hydrogen-bond donors (Lipinski definition) is 1. The normalized spacial score (nSPS) is 10.6. The van der Waals surface area contributed by atoms with Crippen molar-refractivity contribution in [2.24, 2.45) is 0 Å². The second kappa shape index (κ2) is 5.96. The van der Waals surface area contributed by atoms with Crippen LogP contribution in [0.3, 0.4) is 0 Å². The molecular weight excluding hydrogens is 296 g/mol. The molecule has 0 saturated heterocycles. The topological polar surface area (TPSA) is 106 Å². The van der Waals surface area contributed by atoms with Crippen LogP contribution in [0.2, 0.25) is 0 Å². The summed E-state index contributed by atoms with van der Waals surface area (Å²) in [7, 11) is 0. The molecule has 0 atom stereocenters. The van der Waals surface area contributed by atoms with Crippen LogP contribution >= 0.6 is 11.8 Å². The number of carboxylic acid groups (broad SMARTS) is 1. The zero-order valence-corrected chi connectivity index (χ0v) is 12.1. The first kappa shape index (κ1) is 15.0. The van der Waals surface area contributed by atoms with E-state index >= 15 is 0 Å². The van der Waals surface area contributed by atoms with Crippen molar-refractivity contribution >= 4 is 23.6 Å². The van der Waals surface area contributed by atoms with Crippen molar-refractivity contribution in [2.45, 2.75) is 24.6 Å². The number of hydrogen-bond acceptors (Lipinski definition) is 6. The number of nitrogens with zero attached hydrogens (tertiary/aromatic N) is 2. The summed E-state index contributed by atoms with van der Waals surface area (Å²) in [4.78, 5) is 25.4. The smallest absolute Gasteiger partial charge is 0.433 e. The molecule has 0 saturated carbocycles. The number of nitro groups is 1. The minimum Gasteiger partial charge on any atom is -0.478 e. The zero-order chi connectivity index (χ0) is 15.6. The Balaban J connectivity index is 2.22. The highest BCUT2D eigenvalue weighted by Crippen LogP contribution is 2.29. The maximum absolute atomic E-state index is 11.3. The molecule has 21 heavy (non-hydrogen) atoms. The van der Waals surface area contributed by atoms with Gasteiger partial charge in [0.05, 0.1) is 17.4 Å². The Hall–Kier alpha value is -2.35. The Morgan fingerprint density at radius 1 is 1.48 bits per heavy atom. The molecule has 110 valence electrons. The van der Waals surface area contributed by atoms with Crippen molar-refractivity contribution in [3.8, 4) is 0 Å². The first-order chi connectivity index (χ1) is 9.88. The van der Waals surface area contributed by atoms with Crippen LogP contribution in [0.25, 0.3) is 0 Å². The van der Waals surface area contributed by atoms with Gasteiger partial charge in [-0.15, -0.1) is 0 Å². The Morgan fingerprint density at radius 3 is 2.76 bits per heavy atom. The lowest BCUT2D eigenvalue weighted by Gasteiger charge is -2.08. The average Bonchev–Trinajstić information content (AvgIpc) is 2.83. The Labute approximate surface area is 124 Å². The Bertz CT molecular complexity index is 711. The number of thioether (sulfide) groups is 1. The molecular formula is C13H12N2O5S. The SMILES string of the molecule is Cc1cc(C)c(C(=O)O)c(SCc2ccc([N+](=O)[O-])o2)n1. The highest BCUT2D eigenvalue weighted by Gasteiger charge is 2.18. The summed E-state index contributed by atoms with van der Waals surface area (Å²) < 4.78 is 5.03. The fraction of sp³-hybridized carbons (Fsp3) is 0.231. The average molecular weight is 308 g/mol. The Morgan fingerprint density at radius 2 is 2.19 bits per heavy atom. The molecule has 0 aromatic carbocycles. The van der Waals surface area contributed by atoms with Gasteiger partial charge in [0, 0.05) is 5.69 Å². The highest BCUT2D eigenvalue weighted by atomic mass is 32.2. The molecule has 1 N–H and O–H groups in total. The second-order valence-electron chi connectivity index (χ2n) is 4.35. The summed E-state index contributed by atoms with van der Waals surface area (Å²) in [6.45, 7) is 3.49. The van der Waals surface area contributed by atoms with Crippen molar-refractivity contribution in [1.82, 2.24) is 4.98 Å². The molecule has 0 fully saturated rings.